The molecule has 7 nitrogen and oxygen atoms in total. The van der Waals surface area contributed by atoms with Gasteiger partial charge in [-0.3, -0.25) is 14.4 Å². The van der Waals surface area contributed by atoms with Gasteiger partial charge in [-0.1, -0.05) is 17.4 Å². The van der Waals surface area contributed by atoms with Gasteiger partial charge in [0.05, 0.1) is 12.3 Å². The zero-order valence-electron chi connectivity index (χ0n) is 16.7. The number of hydrogen-bond acceptors (Lipinski definition) is 6. The molecule has 11 heteroatoms. The van der Waals surface area contributed by atoms with Gasteiger partial charge in [0.1, 0.15) is 4.88 Å². The van der Waals surface area contributed by atoms with Gasteiger partial charge in [-0.2, -0.15) is 18.3 Å². The molecule has 0 atom stereocenters. The maximum atomic E-state index is 13.4. The van der Waals surface area contributed by atoms with Crippen LogP contribution in [0.4, 0.5) is 18.3 Å². The van der Waals surface area contributed by atoms with Gasteiger partial charge in [0.25, 0.3) is 5.91 Å². The largest absolute Gasteiger partial charge is 0.462 e. The molecule has 0 radical (unpaired) electrons. The number of alkyl halides is 3. The molecule has 162 valence electrons. The summed E-state index contributed by atoms with van der Waals surface area (Å²) in [6.45, 7) is 9.17. The van der Waals surface area contributed by atoms with Gasteiger partial charge in [0.15, 0.2) is 10.8 Å². The third-order valence-electron chi connectivity index (χ3n) is 3.87. The van der Waals surface area contributed by atoms with Crippen LogP contribution >= 0.6 is 11.3 Å². The first-order chi connectivity index (χ1) is 14.1. The number of carbonyl (C=O) groups excluding carboxylic acids is 2. The summed E-state index contributed by atoms with van der Waals surface area (Å²) in [4.78, 5) is 28.5. The molecule has 1 amide bonds. The van der Waals surface area contributed by atoms with E-state index in [1.54, 1.807) is 17.8 Å². The zero-order valence-corrected chi connectivity index (χ0v) is 17.5. The highest BCUT2D eigenvalue weighted by molar-refractivity contribution is 7.17. The van der Waals surface area contributed by atoms with Crippen LogP contribution in [0.1, 0.15) is 40.5 Å². The number of hydrogen-bond donors (Lipinski definition) is 0. The molecule has 2 aromatic heterocycles. The quantitative estimate of drug-likeness (QED) is 0.350. The van der Waals surface area contributed by atoms with E-state index >= 15 is 0 Å². The fourth-order valence-corrected chi connectivity index (χ4v) is 3.45. The van der Waals surface area contributed by atoms with Crippen molar-refractivity contribution in [3.63, 3.8) is 0 Å². The monoisotopic (exact) mass is 442 g/mol. The maximum absolute atomic E-state index is 13.4. The fourth-order valence-electron chi connectivity index (χ4n) is 2.45. The first-order valence-electron chi connectivity index (χ1n) is 9.01. The summed E-state index contributed by atoms with van der Waals surface area (Å²) in [7, 11) is 0. The van der Waals surface area contributed by atoms with Gasteiger partial charge in [-0.15, -0.1) is 6.58 Å². The minimum absolute atomic E-state index is 0.0911. The van der Waals surface area contributed by atoms with Crippen LogP contribution in [0.15, 0.2) is 24.9 Å². The van der Waals surface area contributed by atoms with Gasteiger partial charge in [-0.05, 0) is 26.8 Å². The predicted molar refractivity (Wildman–Crippen MR) is 107 cm³/mol. The lowest BCUT2D eigenvalue weighted by molar-refractivity contribution is -0.141. The maximum Gasteiger partial charge on any atom is 0.435 e. The number of rotatable bonds is 8. The number of ether oxygens (including phenoxy) is 1. The van der Waals surface area contributed by atoms with Gasteiger partial charge < -0.3 is 4.74 Å². The topological polar surface area (TPSA) is 77.3 Å². The molecule has 2 aromatic rings. The van der Waals surface area contributed by atoms with Gasteiger partial charge in [0, 0.05) is 30.9 Å². The Kier molecular flexibility index (Phi) is 7.54. The van der Waals surface area contributed by atoms with Crippen LogP contribution in [0.5, 0.6) is 0 Å². The number of nitrogens with zero attached hydrogens (tertiary/aromatic N) is 4. The van der Waals surface area contributed by atoms with E-state index in [1.165, 1.54) is 25.2 Å². The molecule has 0 aromatic carbocycles. The molecule has 0 unspecified atom stereocenters. The summed E-state index contributed by atoms with van der Waals surface area (Å²) in [6, 6.07) is 0. The Morgan fingerprint density at radius 2 is 2.07 bits per heavy atom. The molecule has 0 fully saturated rings. The lowest BCUT2D eigenvalue weighted by Gasteiger charge is -2.15. The summed E-state index contributed by atoms with van der Waals surface area (Å²) in [5.41, 5.74) is 0.0207. The summed E-state index contributed by atoms with van der Waals surface area (Å²) in [6.07, 6.45) is 0.969. The van der Waals surface area contributed by atoms with Crippen molar-refractivity contribution in [2.75, 3.05) is 18.1 Å². The first kappa shape index (κ1) is 23.3. The normalized spacial score (nSPS) is 11.7. The second-order valence-electron chi connectivity index (χ2n) is 5.99. The van der Waals surface area contributed by atoms with E-state index in [-0.39, 0.29) is 18.3 Å². The lowest BCUT2D eigenvalue weighted by Crippen LogP contribution is -2.29. The number of amides is 1. The summed E-state index contributed by atoms with van der Waals surface area (Å²) in [5, 5.41) is 3.99. The molecule has 0 N–H and O–H groups in total. The van der Waals surface area contributed by atoms with E-state index < -0.39 is 28.6 Å². The Labute approximate surface area is 175 Å². The molecule has 30 heavy (non-hydrogen) atoms. The SMILES string of the molecule is C=CCN(C(=O)C=Cc1cn(CC)nc1C)c1nc(C(F)(F)F)c(C(=O)OCC)s1. The summed E-state index contributed by atoms with van der Waals surface area (Å²) < 4.78 is 46.4. The molecule has 2 rings (SSSR count). The van der Waals surface area contributed by atoms with Crippen LogP contribution in [-0.2, 0) is 22.3 Å². The highest BCUT2D eigenvalue weighted by atomic mass is 32.1. The van der Waals surface area contributed by atoms with Gasteiger partial charge in [-0.25, -0.2) is 9.78 Å². The highest BCUT2D eigenvalue weighted by Gasteiger charge is 2.41. The van der Waals surface area contributed by atoms with Crippen LogP contribution in [0.25, 0.3) is 6.08 Å². The van der Waals surface area contributed by atoms with Crippen LogP contribution in [0.2, 0.25) is 0 Å². The number of aryl methyl sites for hydroxylation is 2. The van der Waals surface area contributed by atoms with E-state index in [0.29, 0.717) is 29.1 Å². The number of carbonyl (C=O) groups is 2. The van der Waals surface area contributed by atoms with Crippen LogP contribution in [0.3, 0.4) is 0 Å². The van der Waals surface area contributed by atoms with E-state index in [0.717, 1.165) is 4.90 Å². The van der Waals surface area contributed by atoms with Crippen LogP contribution in [0, 0.1) is 6.92 Å². The fraction of sp³-hybridized carbons (Fsp3) is 0.368. The van der Waals surface area contributed by atoms with Crippen molar-refractivity contribution in [2.45, 2.75) is 33.5 Å². The standard InChI is InChI=1S/C19H21F3N4O3S/c1-5-10-26(14(27)9-8-13-11-25(6-2)24-12(13)4)18-23-16(19(20,21)22)15(30-18)17(28)29-7-3/h5,8-9,11H,1,6-7,10H2,2-4H3. The molecule has 0 spiro atoms. The molecular formula is C19H21F3N4O3S. The lowest BCUT2D eigenvalue weighted by atomic mass is 10.2. The van der Waals surface area contributed by atoms with Crippen molar-refractivity contribution in [3.05, 3.63) is 46.8 Å². The molecule has 2 heterocycles. The molecular weight excluding hydrogens is 421 g/mol. The summed E-state index contributed by atoms with van der Waals surface area (Å²) in [5.74, 6) is -1.76. The Balaban J connectivity index is 2.40. The van der Waals surface area contributed by atoms with E-state index in [4.69, 9.17) is 4.74 Å². The number of thiazole rings is 1. The van der Waals surface area contributed by atoms with Crippen molar-refractivity contribution in [1.29, 1.82) is 0 Å². The number of aromatic nitrogens is 3. The molecule has 0 saturated carbocycles. The van der Waals surface area contributed by atoms with Crippen LogP contribution in [-0.4, -0.2) is 39.8 Å². The number of esters is 1. The van der Waals surface area contributed by atoms with Crippen molar-refractivity contribution < 1.29 is 27.5 Å². The van der Waals surface area contributed by atoms with Gasteiger partial charge >= 0.3 is 12.1 Å². The molecule has 0 bridgehead atoms. The van der Waals surface area contributed by atoms with E-state index in [1.807, 2.05) is 6.92 Å². The third-order valence-corrected chi connectivity index (χ3v) is 4.93. The first-order valence-corrected chi connectivity index (χ1v) is 9.83. The van der Waals surface area contributed by atoms with Crippen LogP contribution < -0.4 is 4.90 Å². The Bertz CT molecular complexity index is 963. The molecule has 0 aliphatic heterocycles. The minimum atomic E-state index is -4.87. The Morgan fingerprint density at radius 3 is 2.60 bits per heavy atom. The smallest absolute Gasteiger partial charge is 0.435 e. The average Bonchev–Trinajstić information content (AvgIpc) is 3.28. The van der Waals surface area contributed by atoms with Crippen molar-refractivity contribution in [1.82, 2.24) is 14.8 Å². The second-order valence-corrected chi connectivity index (χ2v) is 6.97. The second kappa shape index (κ2) is 9.70. The minimum Gasteiger partial charge on any atom is -0.462 e. The van der Waals surface area contributed by atoms with Crippen molar-refractivity contribution in [3.8, 4) is 0 Å². The molecule has 0 saturated heterocycles. The number of halogens is 3. The van der Waals surface area contributed by atoms with Crippen molar-refractivity contribution in [2.24, 2.45) is 0 Å². The number of anilines is 1. The van der Waals surface area contributed by atoms with E-state index in [2.05, 4.69) is 16.7 Å². The Hall–Kier alpha value is -2.95. The predicted octanol–water partition coefficient (Wildman–Crippen LogP) is 4.10. The molecule has 0 aliphatic carbocycles. The molecule has 0 aliphatic rings. The summed E-state index contributed by atoms with van der Waals surface area (Å²) >= 11 is 0.445. The Morgan fingerprint density at radius 1 is 1.37 bits per heavy atom. The highest BCUT2D eigenvalue weighted by Crippen LogP contribution is 2.38. The van der Waals surface area contributed by atoms with Gasteiger partial charge in [0.2, 0.25) is 0 Å². The third kappa shape index (κ3) is 5.35. The van der Waals surface area contributed by atoms with E-state index in [9.17, 15) is 22.8 Å². The van der Waals surface area contributed by atoms with Crippen molar-refractivity contribution >= 4 is 34.4 Å². The zero-order chi connectivity index (χ0) is 22.5. The average molecular weight is 442 g/mol.